The van der Waals surface area contributed by atoms with Crippen LogP contribution < -0.4 is 18.9 Å². The van der Waals surface area contributed by atoms with Crippen LogP contribution in [0.3, 0.4) is 0 Å². The van der Waals surface area contributed by atoms with Gasteiger partial charge in [0.05, 0.1) is 0 Å². The second-order valence-corrected chi connectivity index (χ2v) is 7.42. The normalized spacial score (nSPS) is 15.3. The van der Waals surface area contributed by atoms with Crippen LogP contribution in [-0.2, 0) is 9.47 Å². The molecule has 2 aliphatic heterocycles. The highest BCUT2D eigenvalue weighted by atomic mass is 16.7. The third kappa shape index (κ3) is 5.17. The molecule has 2 heterocycles. The van der Waals surface area contributed by atoms with Crippen LogP contribution in [0.15, 0.2) is 36.4 Å². The molecule has 4 rings (SSSR count). The van der Waals surface area contributed by atoms with Crippen LogP contribution in [0.5, 0.6) is 23.0 Å². The first-order chi connectivity index (χ1) is 15.7. The van der Waals surface area contributed by atoms with Gasteiger partial charge < -0.3 is 38.6 Å². The second-order valence-electron chi connectivity index (χ2n) is 7.42. The maximum absolute atomic E-state index is 12.7. The molecule has 2 unspecified atom stereocenters. The van der Waals surface area contributed by atoms with E-state index in [1.54, 1.807) is 36.4 Å². The molecule has 0 amide bonds. The molecule has 2 aromatic rings. The molecule has 172 valence electrons. The molecule has 2 aliphatic rings. The van der Waals surface area contributed by atoms with Gasteiger partial charge in [-0.05, 0) is 61.1 Å². The Hall–Kier alpha value is -3.17. The predicted molar refractivity (Wildman–Crippen MR) is 111 cm³/mol. The van der Waals surface area contributed by atoms with Gasteiger partial charge in [-0.1, -0.05) is 12.1 Å². The summed E-state index contributed by atoms with van der Waals surface area (Å²) in [5.41, 5.74) is 1.43. The van der Waals surface area contributed by atoms with Crippen LogP contribution in [0.1, 0.15) is 49.0 Å². The van der Waals surface area contributed by atoms with E-state index >= 15 is 0 Å². The Morgan fingerprint density at radius 2 is 1.19 bits per heavy atom. The highest BCUT2D eigenvalue weighted by Gasteiger charge is 2.25. The molecule has 2 aromatic carbocycles. The smallest absolute Gasteiger partial charge is 0.454 e. The fourth-order valence-electron chi connectivity index (χ4n) is 3.63. The number of benzene rings is 2. The first-order valence-corrected chi connectivity index (χ1v) is 10.6. The summed E-state index contributed by atoms with van der Waals surface area (Å²) in [6, 6.07) is 10.6. The number of aliphatic hydroxyl groups excluding tert-OH is 2. The van der Waals surface area contributed by atoms with Gasteiger partial charge in [-0.25, -0.2) is 4.79 Å². The van der Waals surface area contributed by atoms with Crippen LogP contribution in [0.25, 0.3) is 0 Å². The van der Waals surface area contributed by atoms with Gasteiger partial charge in [0.25, 0.3) is 0 Å². The lowest BCUT2D eigenvalue weighted by Gasteiger charge is -2.22. The lowest BCUT2D eigenvalue weighted by atomic mass is 10.0. The number of ether oxygens (including phenoxy) is 6. The Bertz CT molecular complexity index is 856. The number of rotatable bonds is 10. The van der Waals surface area contributed by atoms with Gasteiger partial charge in [0.15, 0.2) is 23.0 Å². The molecule has 0 saturated heterocycles. The Morgan fingerprint density at radius 3 is 1.62 bits per heavy atom. The molecule has 0 radical (unpaired) electrons. The highest BCUT2D eigenvalue weighted by molar-refractivity contribution is 5.61. The van der Waals surface area contributed by atoms with Crippen molar-refractivity contribution >= 4 is 6.16 Å². The molecule has 0 aromatic heterocycles. The van der Waals surface area contributed by atoms with E-state index < -0.39 is 18.4 Å². The van der Waals surface area contributed by atoms with Crippen LogP contribution in [0, 0.1) is 0 Å². The zero-order chi connectivity index (χ0) is 22.3. The monoisotopic (exact) mass is 446 g/mol. The fraction of sp³-hybridized carbons (Fsp3) is 0.435. The highest BCUT2D eigenvalue weighted by Crippen LogP contribution is 2.38. The fourth-order valence-corrected chi connectivity index (χ4v) is 3.63. The first kappa shape index (κ1) is 22.0. The number of hydrogen-bond donors (Lipinski definition) is 2. The summed E-state index contributed by atoms with van der Waals surface area (Å²) < 4.78 is 32.8. The van der Waals surface area contributed by atoms with Gasteiger partial charge in [0, 0.05) is 13.2 Å². The Morgan fingerprint density at radius 1 is 0.750 bits per heavy atom. The van der Waals surface area contributed by atoms with Crippen LogP contribution in [-0.4, -0.2) is 43.2 Å². The maximum atomic E-state index is 12.7. The number of fused-ring (bicyclic) bond motifs is 2. The van der Waals surface area contributed by atoms with Crippen LogP contribution in [0.4, 0.5) is 4.79 Å². The summed E-state index contributed by atoms with van der Waals surface area (Å²) in [4.78, 5) is 12.7. The van der Waals surface area contributed by atoms with E-state index in [1.807, 2.05) is 0 Å². The summed E-state index contributed by atoms with van der Waals surface area (Å²) in [5.74, 6) is 2.41. The molecule has 0 aliphatic carbocycles. The van der Waals surface area contributed by atoms with E-state index in [-0.39, 0.29) is 26.8 Å². The molecule has 0 fully saturated rings. The van der Waals surface area contributed by atoms with Crippen molar-refractivity contribution in [3.8, 4) is 23.0 Å². The number of carbonyl (C=O) groups is 1. The summed E-state index contributed by atoms with van der Waals surface area (Å²) >= 11 is 0. The van der Waals surface area contributed by atoms with Crippen LogP contribution in [0.2, 0.25) is 0 Å². The average molecular weight is 446 g/mol. The van der Waals surface area contributed by atoms with E-state index in [9.17, 15) is 15.0 Å². The third-order valence-electron chi connectivity index (χ3n) is 5.26. The second kappa shape index (κ2) is 10.4. The molecule has 2 N–H and O–H groups in total. The summed E-state index contributed by atoms with van der Waals surface area (Å²) in [5, 5.41) is 18.5. The first-order valence-electron chi connectivity index (χ1n) is 10.6. The van der Waals surface area contributed by atoms with E-state index in [1.165, 1.54) is 0 Å². The summed E-state index contributed by atoms with van der Waals surface area (Å²) in [6.07, 6.45) is -0.372. The molecule has 0 spiro atoms. The zero-order valence-corrected chi connectivity index (χ0v) is 17.5. The van der Waals surface area contributed by atoms with E-state index in [0.717, 1.165) is 11.1 Å². The predicted octanol–water partition coefficient (Wildman–Crippen LogP) is 3.62. The van der Waals surface area contributed by atoms with Gasteiger partial charge in [-0.15, -0.1) is 0 Å². The van der Waals surface area contributed by atoms with Crippen molar-refractivity contribution in [2.45, 2.75) is 37.9 Å². The SMILES string of the molecule is O=C(OC(CCCO)c1ccc2c(c1)OCO2)OC(CCCO)c1ccc2c(c1)OCO2. The van der Waals surface area contributed by atoms with Gasteiger partial charge in [-0.3, -0.25) is 0 Å². The minimum absolute atomic E-state index is 0.0320. The standard InChI is InChI=1S/C23H26O9/c24-9-1-3-17(15-5-7-19-21(11-15)29-13-27-19)31-23(26)32-18(4-2-10-25)16-6-8-20-22(12-16)30-14-28-20/h5-8,11-12,17-18,24-25H,1-4,9-10,13-14H2. The molecule has 9 heteroatoms. The number of aliphatic hydroxyl groups is 2. The molecule has 32 heavy (non-hydrogen) atoms. The van der Waals surface area contributed by atoms with Gasteiger partial charge in [0.1, 0.15) is 12.2 Å². The Kier molecular flexibility index (Phi) is 7.18. The Balaban J connectivity index is 1.47. The number of carbonyl (C=O) groups excluding carboxylic acids is 1. The van der Waals surface area contributed by atoms with Crippen molar-refractivity contribution in [1.29, 1.82) is 0 Å². The minimum atomic E-state index is -0.841. The topological polar surface area (TPSA) is 113 Å². The lowest BCUT2D eigenvalue weighted by molar-refractivity contribution is -0.0104. The van der Waals surface area contributed by atoms with Crippen molar-refractivity contribution in [3.05, 3.63) is 47.5 Å². The van der Waals surface area contributed by atoms with E-state index in [0.29, 0.717) is 48.7 Å². The van der Waals surface area contributed by atoms with Crippen molar-refractivity contribution in [3.63, 3.8) is 0 Å². The summed E-state index contributed by atoms with van der Waals surface area (Å²) in [7, 11) is 0. The van der Waals surface area contributed by atoms with Crippen molar-refractivity contribution in [2.75, 3.05) is 26.8 Å². The lowest BCUT2D eigenvalue weighted by Crippen LogP contribution is -2.17. The van der Waals surface area contributed by atoms with E-state index in [4.69, 9.17) is 28.4 Å². The van der Waals surface area contributed by atoms with Gasteiger partial charge in [0.2, 0.25) is 13.6 Å². The number of hydrogen-bond acceptors (Lipinski definition) is 9. The Labute approximate surface area is 185 Å². The van der Waals surface area contributed by atoms with Crippen LogP contribution >= 0.6 is 0 Å². The molecular weight excluding hydrogens is 420 g/mol. The minimum Gasteiger partial charge on any atom is -0.454 e. The zero-order valence-electron chi connectivity index (χ0n) is 17.5. The molecule has 0 saturated carbocycles. The average Bonchev–Trinajstić information content (AvgIpc) is 3.47. The summed E-state index contributed by atoms with van der Waals surface area (Å²) in [6.45, 7) is 0.224. The molecule has 0 bridgehead atoms. The van der Waals surface area contributed by atoms with Crippen molar-refractivity contribution in [2.24, 2.45) is 0 Å². The van der Waals surface area contributed by atoms with Crippen molar-refractivity contribution in [1.82, 2.24) is 0 Å². The maximum Gasteiger partial charge on any atom is 0.509 e. The van der Waals surface area contributed by atoms with E-state index in [2.05, 4.69) is 0 Å². The van der Waals surface area contributed by atoms with Crippen molar-refractivity contribution < 1.29 is 43.4 Å². The molecular formula is C23H26O9. The largest absolute Gasteiger partial charge is 0.509 e. The molecule has 9 nitrogen and oxygen atoms in total. The van der Waals surface area contributed by atoms with Gasteiger partial charge in [-0.2, -0.15) is 0 Å². The van der Waals surface area contributed by atoms with Gasteiger partial charge >= 0.3 is 6.16 Å². The molecule has 2 atom stereocenters. The third-order valence-corrected chi connectivity index (χ3v) is 5.26. The quantitative estimate of drug-likeness (QED) is 0.528.